The molecule has 5 nitrogen and oxygen atoms in total. The van der Waals surface area contributed by atoms with Crippen LogP contribution >= 0.6 is 0 Å². The molecule has 0 bridgehead atoms. The normalized spacial score (nSPS) is 9.62. The summed E-state index contributed by atoms with van der Waals surface area (Å²) in [7, 11) is 3.38. The van der Waals surface area contributed by atoms with Crippen molar-refractivity contribution in [3.8, 4) is 6.07 Å². The van der Waals surface area contributed by atoms with Crippen LogP contribution in [0.1, 0.15) is 22.3 Å². The number of nitrogens with zero attached hydrogens (tertiary/aromatic N) is 2. The van der Waals surface area contributed by atoms with Crippen LogP contribution in [0.3, 0.4) is 0 Å². The largest absolute Gasteiger partial charge is 0.458 e. The Labute approximate surface area is 154 Å². The summed E-state index contributed by atoms with van der Waals surface area (Å²) in [4.78, 5) is 22.5. The number of ether oxygens (including phenoxy) is 1. The Morgan fingerprint density at radius 3 is 2.19 bits per heavy atom. The van der Waals surface area contributed by atoms with Crippen molar-refractivity contribution in [3.05, 3.63) is 76.9 Å². The maximum Gasteiger partial charge on any atom is 0.331 e. The van der Waals surface area contributed by atoms with E-state index in [0.29, 0.717) is 5.56 Å². The monoisotopic (exact) mass is 350 g/mol. The van der Waals surface area contributed by atoms with Crippen LogP contribution in [-0.4, -0.2) is 31.4 Å². The minimum atomic E-state index is -0.389. The SMILES string of the molecule is CN(C)C=O.Cc1ccc(C=CC(=O)OCc2ccc(C#N)cc2)cc1. The number of hydrogen-bond acceptors (Lipinski definition) is 4. The van der Waals surface area contributed by atoms with Gasteiger partial charge in [-0.05, 0) is 36.3 Å². The van der Waals surface area contributed by atoms with Crippen LogP contribution < -0.4 is 0 Å². The smallest absolute Gasteiger partial charge is 0.331 e. The number of hydrogen-bond donors (Lipinski definition) is 0. The summed E-state index contributed by atoms with van der Waals surface area (Å²) in [6, 6.07) is 16.9. The van der Waals surface area contributed by atoms with E-state index in [1.165, 1.54) is 16.5 Å². The van der Waals surface area contributed by atoms with Gasteiger partial charge >= 0.3 is 5.97 Å². The van der Waals surface area contributed by atoms with Gasteiger partial charge in [-0.15, -0.1) is 0 Å². The third-order valence-corrected chi connectivity index (χ3v) is 3.16. The van der Waals surface area contributed by atoms with Crippen LogP contribution in [0.15, 0.2) is 54.6 Å². The van der Waals surface area contributed by atoms with E-state index in [1.807, 2.05) is 37.3 Å². The lowest BCUT2D eigenvalue weighted by Crippen LogP contribution is -2.06. The van der Waals surface area contributed by atoms with Crippen LogP contribution in [0.2, 0.25) is 0 Å². The van der Waals surface area contributed by atoms with Crippen molar-refractivity contribution in [3.63, 3.8) is 0 Å². The van der Waals surface area contributed by atoms with Gasteiger partial charge in [0.15, 0.2) is 0 Å². The summed E-state index contributed by atoms with van der Waals surface area (Å²) in [5, 5.41) is 8.70. The van der Waals surface area contributed by atoms with Gasteiger partial charge in [0.1, 0.15) is 6.61 Å². The van der Waals surface area contributed by atoms with Crippen LogP contribution in [0, 0.1) is 18.3 Å². The quantitative estimate of drug-likeness (QED) is 0.471. The summed E-state index contributed by atoms with van der Waals surface area (Å²) in [5.41, 5.74) is 3.57. The Morgan fingerprint density at radius 2 is 1.69 bits per heavy atom. The molecular formula is C21H22N2O3. The molecule has 2 aromatic carbocycles. The molecule has 134 valence electrons. The van der Waals surface area contributed by atoms with Crippen LogP contribution in [0.4, 0.5) is 0 Å². The lowest BCUT2D eigenvalue weighted by Gasteiger charge is -2.02. The topological polar surface area (TPSA) is 70.4 Å². The first-order valence-corrected chi connectivity index (χ1v) is 7.97. The molecule has 0 aliphatic rings. The van der Waals surface area contributed by atoms with Crippen LogP contribution in [0.5, 0.6) is 0 Å². The van der Waals surface area contributed by atoms with Crippen molar-refractivity contribution in [2.24, 2.45) is 0 Å². The Kier molecular flexibility index (Phi) is 8.91. The van der Waals surface area contributed by atoms with Crippen molar-refractivity contribution in [2.75, 3.05) is 14.1 Å². The first kappa shape index (κ1) is 20.7. The van der Waals surface area contributed by atoms with Crippen molar-refractivity contribution in [1.29, 1.82) is 5.26 Å². The van der Waals surface area contributed by atoms with E-state index in [0.717, 1.165) is 17.5 Å². The molecule has 0 aliphatic heterocycles. The van der Waals surface area contributed by atoms with Crippen LogP contribution in [0.25, 0.3) is 6.08 Å². The van der Waals surface area contributed by atoms with Gasteiger partial charge in [0, 0.05) is 20.2 Å². The molecule has 0 atom stereocenters. The zero-order valence-corrected chi connectivity index (χ0v) is 15.2. The first-order chi connectivity index (χ1) is 12.4. The third-order valence-electron chi connectivity index (χ3n) is 3.16. The van der Waals surface area contributed by atoms with Gasteiger partial charge in [-0.1, -0.05) is 42.0 Å². The van der Waals surface area contributed by atoms with E-state index in [9.17, 15) is 9.59 Å². The number of benzene rings is 2. The summed E-state index contributed by atoms with van der Waals surface area (Å²) >= 11 is 0. The van der Waals surface area contributed by atoms with E-state index >= 15 is 0 Å². The molecule has 5 heteroatoms. The number of nitriles is 1. The van der Waals surface area contributed by atoms with Gasteiger partial charge < -0.3 is 9.64 Å². The minimum Gasteiger partial charge on any atom is -0.458 e. The third kappa shape index (κ3) is 8.46. The van der Waals surface area contributed by atoms with Gasteiger partial charge in [-0.25, -0.2) is 4.79 Å². The summed E-state index contributed by atoms with van der Waals surface area (Å²) in [6.07, 6.45) is 3.88. The van der Waals surface area contributed by atoms with E-state index in [4.69, 9.17) is 10.00 Å². The van der Waals surface area contributed by atoms with E-state index in [2.05, 4.69) is 0 Å². The molecule has 0 saturated carbocycles. The van der Waals surface area contributed by atoms with Gasteiger partial charge in [-0.2, -0.15) is 5.26 Å². The molecule has 0 heterocycles. The Morgan fingerprint density at radius 1 is 1.12 bits per heavy atom. The van der Waals surface area contributed by atoms with Gasteiger partial charge in [-0.3, -0.25) is 4.79 Å². The molecule has 0 radical (unpaired) electrons. The highest BCUT2D eigenvalue weighted by Gasteiger charge is 1.99. The lowest BCUT2D eigenvalue weighted by molar-refractivity contribution is -0.138. The maximum absolute atomic E-state index is 11.6. The van der Waals surface area contributed by atoms with E-state index < -0.39 is 0 Å². The zero-order chi connectivity index (χ0) is 19.4. The predicted molar refractivity (Wildman–Crippen MR) is 101 cm³/mol. The van der Waals surface area contributed by atoms with Gasteiger partial charge in [0.25, 0.3) is 0 Å². The molecule has 1 amide bonds. The highest BCUT2D eigenvalue weighted by Crippen LogP contribution is 2.07. The van der Waals surface area contributed by atoms with Crippen molar-refractivity contribution in [2.45, 2.75) is 13.5 Å². The minimum absolute atomic E-state index is 0.197. The summed E-state index contributed by atoms with van der Waals surface area (Å²) in [5.74, 6) is -0.389. The first-order valence-electron chi connectivity index (χ1n) is 7.97. The summed E-state index contributed by atoms with van der Waals surface area (Å²) < 4.78 is 5.14. The van der Waals surface area contributed by atoms with Crippen molar-refractivity contribution < 1.29 is 14.3 Å². The highest BCUT2D eigenvalue weighted by molar-refractivity contribution is 5.87. The molecule has 0 spiro atoms. The van der Waals surface area contributed by atoms with E-state index in [-0.39, 0.29) is 12.6 Å². The molecule has 26 heavy (non-hydrogen) atoms. The molecule has 0 aliphatic carbocycles. The molecule has 0 aromatic heterocycles. The molecule has 0 N–H and O–H groups in total. The second-order valence-electron chi connectivity index (χ2n) is 5.73. The average Bonchev–Trinajstić information content (AvgIpc) is 2.66. The molecule has 0 fully saturated rings. The molecule has 0 unspecified atom stereocenters. The van der Waals surface area contributed by atoms with Crippen molar-refractivity contribution >= 4 is 18.5 Å². The Bertz CT molecular complexity index is 770. The van der Waals surface area contributed by atoms with E-state index in [1.54, 1.807) is 44.4 Å². The second-order valence-corrected chi connectivity index (χ2v) is 5.73. The van der Waals surface area contributed by atoms with Gasteiger partial charge in [0.05, 0.1) is 11.6 Å². The zero-order valence-electron chi connectivity index (χ0n) is 15.2. The number of rotatable bonds is 5. The van der Waals surface area contributed by atoms with Gasteiger partial charge in [0.2, 0.25) is 6.41 Å². The molecule has 0 saturated heterocycles. The highest BCUT2D eigenvalue weighted by atomic mass is 16.5. The lowest BCUT2D eigenvalue weighted by atomic mass is 10.1. The maximum atomic E-state index is 11.6. The Hall–Kier alpha value is -3.39. The fourth-order valence-corrected chi connectivity index (χ4v) is 1.72. The molecule has 2 aromatic rings. The number of carbonyl (C=O) groups excluding carboxylic acids is 2. The fraction of sp³-hybridized carbons (Fsp3) is 0.190. The fourth-order valence-electron chi connectivity index (χ4n) is 1.72. The molecular weight excluding hydrogens is 328 g/mol. The average molecular weight is 350 g/mol. The van der Waals surface area contributed by atoms with Crippen LogP contribution in [-0.2, 0) is 20.9 Å². The van der Waals surface area contributed by atoms with Crippen molar-refractivity contribution in [1.82, 2.24) is 4.90 Å². The number of carbonyl (C=O) groups is 2. The number of amides is 1. The Balaban J connectivity index is 0.000000597. The number of esters is 1. The number of aryl methyl sites for hydroxylation is 1. The predicted octanol–water partition coefficient (Wildman–Crippen LogP) is 3.33. The standard InChI is InChI=1S/C18H15NO2.C3H7NO/c1-14-2-4-15(5-3-14)10-11-18(20)21-13-17-8-6-16(12-19)7-9-17;1-4(2)3-5/h2-11H,13H2,1H3;3H,1-2H3. The summed E-state index contributed by atoms with van der Waals surface area (Å²) in [6.45, 7) is 2.21. The second kappa shape index (κ2) is 11.2. The molecule has 2 rings (SSSR count).